The summed E-state index contributed by atoms with van der Waals surface area (Å²) in [5.74, 6) is 0.799. The molecule has 2 N–H and O–H groups in total. The van der Waals surface area contributed by atoms with E-state index in [0.29, 0.717) is 0 Å². The number of ether oxygens (including phenoxy) is 1. The van der Waals surface area contributed by atoms with Crippen LogP contribution in [0.2, 0.25) is 0 Å². The summed E-state index contributed by atoms with van der Waals surface area (Å²) in [4.78, 5) is 0. The van der Waals surface area contributed by atoms with E-state index >= 15 is 0 Å². The van der Waals surface area contributed by atoms with Gasteiger partial charge in [0, 0.05) is 26.3 Å². The van der Waals surface area contributed by atoms with Gasteiger partial charge in [-0.15, -0.1) is 6.58 Å². The molecule has 0 bridgehead atoms. The van der Waals surface area contributed by atoms with Gasteiger partial charge in [0.25, 0.3) is 0 Å². The first-order valence-electron chi connectivity index (χ1n) is 5.53. The predicted octanol–water partition coefficient (Wildman–Crippen LogP) is 1.45. The van der Waals surface area contributed by atoms with Crippen molar-refractivity contribution < 1.29 is 4.74 Å². The zero-order valence-corrected chi connectivity index (χ0v) is 9.94. The third kappa shape index (κ3) is 5.74. The van der Waals surface area contributed by atoms with Crippen LogP contribution in [-0.2, 0) is 4.74 Å². The first-order valence-corrected chi connectivity index (χ1v) is 5.94. The zero-order chi connectivity index (χ0) is 10.9. The van der Waals surface area contributed by atoms with Crippen molar-refractivity contribution in [2.75, 3.05) is 26.3 Å². The monoisotopic (exact) mass is 228 g/mol. The highest BCUT2D eigenvalue weighted by Crippen LogP contribution is 2.17. The maximum absolute atomic E-state index is 5.31. The molecule has 0 saturated carbocycles. The SMILES string of the molecule is C=CCNC(=S)NCCC1CCOCC1. The molecule has 3 nitrogen and oxygen atoms in total. The average molecular weight is 228 g/mol. The molecule has 1 saturated heterocycles. The van der Waals surface area contributed by atoms with Gasteiger partial charge in [-0.1, -0.05) is 6.08 Å². The Morgan fingerprint density at radius 2 is 2.13 bits per heavy atom. The molecule has 15 heavy (non-hydrogen) atoms. The second-order valence-corrected chi connectivity index (χ2v) is 4.18. The van der Waals surface area contributed by atoms with Gasteiger partial charge in [-0.3, -0.25) is 0 Å². The molecule has 0 aromatic heterocycles. The molecule has 0 amide bonds. The lowest BCUT2D eigenvalue weighted by molar-refractivity contribution is 0.0643. The van der Waals surface area contributed by atoms with Crippen molar-refractivity contribution in [1.82, 2.24) is 10.6 Å². The lowest BCUT2D eigenvalue weighted by atomic mass is 9.97. The number of hydrogen-bond donors (Lipinski definition) is 2. The highest BCUT2D eigenvalue weighted by molar-refractivity contribution is 7.80. The van der Waals surface area contributed by atoms with Crippen LogP contribution in [-0.4, -0.2) is 31.4 Å². The van der Waals surface area contributed by atoms with Gasteiger partial charge in [0.15, 0.2) is 5.11 Å². The zero-order valence-electron chi connectivity index (χ0n) is 9.13. The second kappa shape index (κ2) is 7.65. The normalized spacial score (nSPS) is 17.1. The van der Waals surface area contributed by atoms with Gasteiger partial charge in [-0.2, -0.15) is 0 Å². The number of hydrogen-bond acceptors (Lipinski definition) is 2. The minimum atomic E-state index is 0.724. The lowest BCUT2D eigenvalue weighted by Gasteiger charge is -2.22. The standard InChI is InChI=1S/C11H20N2OS/c1-2-6-12-11(15)13-7-3-10-4-8-14-9-5-10/h2,10H,1,3-9H2,(H2,12,13,15). The van der Waals surface area contributed by atoms with Crippen LogP contribution in [0.5, 0.6) is 0 Å². The Morgan fingerprint density at radius 3 is 2.80 bits per heavy atom. The van der Waals surface area contributed by atoms with Gasteiger partial charge in [0.2, 0.25) is 0 Å². The first-order chi connectivity index (χ1) is 7.33. The quantitative estimate of drug-likeness (QED) is 0.551. The van der Waals surface area contributed by atoms with E-state index < -0.39 is 0 Å². The van der Waals surface area contributed by atoms with E-state index in [2.05, 4.69) is 17.2 Å². The minimum Gasteiger partial charge on any atom is -0.381 e. The molecule has 0 atom stereocenters. The van der Waals surface area contributed by atoms with Crippen LogP contribution in [0.3, 0.4) is 0 Å². The summed E-state index contributed by atoms with van der Waals surface area (Å²) in [6.45, 7) is 7.14. The van der Waals surface area contributed by atoms with Crippen LogP contribution >= 0.6 is 12.2 Å². The van der Waals surface area contributed by atoms with Crippen LogP contribution in [0.15, 0.2) is 12.7 Å². The van der Waals surface area contributed by atoms with Gasteiger partial charge in [0.05, 0.1) is 0 Å². The van der Waals surface area contributed by atoms with Crippen LogP contribution in [0.25, 0.3) is 0 Å². The summed E-state index contributed by atoms with van der Waals surface area (Å²) in [5, 5.41) is 6.97. The Kier molecular flexibility index (Phi) is 6.36. The molecule has 0 spiro atoms. The number of nitrogens with one attached hydrogen (secondary N) is 2. The van der Waals surface area contributed by atoms with Gasteiger partial charge in [-0.25, -0.2) is 0 Å². The summed E-state index contributed by atoms with van der Waals surface area (Å²) in [7, 11) is 0. The van der Waals surface area contributed by atoms with Crippen molar-refractivity contribution in [3.63, 3.8) is 0 Å². The fourth-order valence-electron chi connectivity index (χ4n) is 1.65. The molecule has 0 unspecified atom stereocenters. The van der Waals surface area contributed by atoms with Gasteiger partial charge in [-0.05, 0) is 37.4 Å². The Balaban J connectivity index is 1.99. The van der Waals surface area contributed by atoms with Crippen LogP contribution in [0.4, 0.5) is 0 Å². The minimum absolute atomic E-state index is 0.724. The van der Waals surface area contributed by atoms with Crippen molar-refractivity contribution in [2.24, 2.45) is 5.92 Å². The largest absolute Gasteiger partial charge is 0.381 e. The summed E-state index contributed by atoms with van der Waals surface area (Å²) in [5.41, 5.74) is 0. The molecule has 0 aromatic rings. The summed E-state index contributed by atoms with van der Waals surface area (Å²) in [6, 6.07) is 0. The maximum atomic E-state index is 5.31. The molecular formula is C11H20N2OS. The highest BCUT2D eigenvalue weighted by atomic mass is 32.1. The van der Waals surface area contributed by atoms with Crippen molar-refractivity contribution >= 4 is 17.3 Å². The third-order valence-electron chi connectivity index (χ3n) is 2.59. The second-order valence-electron chi connectivity index (χ2n) is 3.77. The summed E-state index contributed by atoms with van der Waals surface area (Å²) >= 11 is 5.09. The van der Waals surface area contributed by atoms with E-state index in [1.54, 1.807) is 6.08 Å². The molecule has 1 heterocycles. The lowest BCUT2D eigenvalue weighted by Crippen LogP contribution is -2.36. The van der Waals surface area contributed by atoms with E-state index in [1.807, 2.05) is 0 Å². The van der Waals surface area contributed by atoms with Crippen molar-refractivity contribution in [1.29, 1.82) is 0 Å². The Hall–Kier alpha value is -0.610. The molecule has 4 heteroatoms. The van der Waals surface area contributed by atoms with E-state index in [4.69, 9.17) is 17.0 Å². The fraction of sp³-hybridized carbons (Fsp3) is 0.727. The number of thiocarbonyl (C=S) groups is 1. The molecule has 1 rings (SSSR count). The van der Waals surface area contributed by atoms with E-state index in [1.165, 1.54) is 19.3 Å². The van der Waals surface area contributed by atoms with Crippen molar-refractivity contribution in [3.05, 3.63) is 12.7 Å². The Morgan fingerprint density at radius 1 is 1.40 bits per heavy atom. The van der Waals surface area contributed by atoms with Gasteiger partial charge < -0.3 is 15.4 Å². The molecular weight excluding hydrogens is 208 g/mol. The summed E-state index contributed by atoms with van der Waals surface area (Å²) < 4.78 is 5.31. The predicted molar refractivity (Wildman–Crippen MR) is 67.0 cm³/mol. The molecule has 1 fully saturated rings. The first kappa shape index (κ1) is 12.5. The summed E-state index contributed by atoms with van der Waals surface area (Å²) in [6.07, 6.45) is 5.36. The maximum Gasteiger partial charge on any atom is 0.166 e. The Bertz CT molecular complexity index is 203. The van der Waals surface area contributed by atoms with Crippen LogP contribution in [0, 0.1) is 5.92 Å². The van der Waals surface area contributed by atoms with Crippen LogP contribution < -0.4 is 10.6 Å². The van der Waals surface area contributed by atoms with Gasteiger partial charge >= 0.3 is 0 Å². The third-order valence-corrected chi connectivity index (χ3v) is 2.87. The average Bonchev–Trinajstić information content (AvgIpc) is 2.28. The molecule has 86 valence electrons. The molecule has 0 aliphatic carbocycles. The van der Waals surface area contributed by atoms with Crippen molar-refractivity contribution in [2.45, 2.75) is 19.3 Å². The van der Waals surface area contributed by atoms with E-state index in [-0.39, 0.29) is 0 Å². The topological polar surface area (TPSA) is 33.3 Å². The highest BCUT2D eigenvalue weighted by Gasteiger charge is 2.12. The van der Waals surface area contributed by atoms with E-state index in [0.717, 1.165) is 37.3 Å². The molecule has 1 aliphatic rings. The molecule has 0 radical (unpaired) electrons. The smallest absolute Gasteiger partial charge is 0.166 e. The van der Waals surface area contributed by atoms with E-state index in [9.17, 15) is 0 Å². The fourth-order valence-corrected chi connectivity index (χ4v) is 1.84. The molecule has 0 aromatic carbocycles. The van der Waals surface area contributed by atoms with Crippen LogP contribution in [0.1, 0.15) is 19.3 Å². The number of rotatable bonds is 5. The van der Waals surface area contributed by atoms with Crippen molar-refractivity contribution in [3.8, 4) is 0 Å². The van der Waals surface area contributed by atoms with Gasteiger partial charge in [0.1, 0.15) is 0 Å². The Labute approximate surface area is 97.3 Å². The molecule has 1 aliphatic heterocycles.